The summed E-state index contributed by atoms with van der Waals surface area (Å²) < 4.78 is 12.2. The minimum atomic E-state index is -0.558. The van der Waals surface area contributed by atoms with Gasteiger partial charge in [0.2, 0.25) is 0 Å². The first-order valence-electron chi connectivity index (χ1n) is 5.62. The number of benzene rings is 2. The molecule has 2 aromatic rings. The molecule has 2 aromatic carbocycles. The normalized spacial score (nSPS) is 10.2. The van der Waals surface area contributed by atoms with Crippen LogP contribution in [0, 0.1) is 0 Å². The van der Waals surface area contributed by atoms with E-state index >= 15 is 0 Å². The molecule has 0 saturated heterocycles. The van der Waals surface area contributed by atoms with Crippen LogP contribution in [0.3, 0.4) is 0 Å². The Hall–Kier alpha value is -1.53. The molecule has 0 heterocycles. The van der Waals surface area contributed by atoms with Gasteiger partial charge in [-0.25, -0.2) is 0 Å². The standard InChI is InChI=1S/C14H11Br2NO3/c1-19-8-5-6-11(10(16)7-8)20-12-4-2-3-9(15)13(12)14(17)18/h2-7H,1H3,(H2,17,18). The van der Waals surface area contributed by atoms with Crippen LogP contribution in [0.2, 0.25) is 0 Å². The molecule has 0 atom stereocenters. The predicted molar refractivity (Wildman–Crippen MR) is 83.4 cm³/mol. The van der Waals surface area contributed by atoms with Gasteiger partial charge < -0.3 is 15.2 Å². The largest absolute Gasteiger partial charge is 0.497 e. The van der Waals surface area contributed by atoms with Crippen LogP contribution in [0.15, 0.2) is 45.3 Å². The second kappa shape index (κ2) is 6.28. The smallest absolute Gasteiger partial charge is 0.253 e. The number of hydrogen-bond donors (Lipinski definition) is 1. The monoisotopic (exact) mass is 399 g/mol. The average molecular weight is 401 g/mol. The number of carbonyl (C=O) groups is 1. The second-order valence-corrected chi connectivity index (χ2v) is 5.58. The summed E-state index contributed by atoms with van der Waals surface area (Å²) in [5.74, 6) is 1.09. The molecule has 20 heavy (non-hydrogen) atoms. The van der Waals surface area contributed by atoms with E-state index in [-0.39, 0.29) is 0 Å². The van der Waals surface area contributed by atoms with E-state index in [1.54, 1.807) is 43.5 Å². The maximum absolute atomic E-state index is 11.5. The second-order valence-electron chi connectivity index (χ2n) is 3.88. The molecule has 0 aliphatic heterocycles. The van der Waals surface area contributed by atoms with Crippen LogP contribution in [-0.4, -0.2) is 13.0 Å². The van der Waals surface area contributed by atoms with Crippen molar-refractivity contribution < 1.29 is 14.3 Å². The van der Waals surface area contributed by atoms with Gasteiger partial charge in [0.05, 0.1) is 17.1 Å². The fraction of sp³-hybridized carbons (Fsp3) is 0.0714. The van der Waals surface area contributed by atoms with E-state index in [0.717, 1.165) is 0 Å². The van der Waals surface area contributed by atoms with Gasteiger partial charge in [0, 0.05) is 4.47 Å². The number of hydrogen-bond acceptors (Lipinski definition) is 3. The first-order chi connectivity index (χ1) is 9.52. The van der Waals surface area contributed by atoms with Crippen LogP contribution in [0.5, 0.6) is 17.2 Å². The van der Waals surface area contributed by atoms with Crippen LogP contribution in [-0.2, 0) is 0 Å². The molecule has 0 bridgehead atoms. The van der Waals surface area contributed by atoms with Gasteiger partial charge in [-0.05, 0) is 62.2 Å². The number of methoxy groups -OCH3 is 1. The van der Waals surface area contributed by atoms with E-state index in [0.29, 0.717) is 31.8 Å². The van der Waals surface area contributed by atoms with E-state index < -0.39 is 5.91 Å². The first-order valence-corrected chi connectivity index (χ1v) is 7.21. The predicted octanol–water partition coefficient (Wildman–Crippen LogP) is 4.11. The minimum absolute atomic E-state index is 0.301. The molecular weight excluding hydrogens is 390 g/mol. The van der Waals surface area contributed by atoms with Crippen LogP contribution in [0.1, 0.15) is 10.4 Å². The van der Waals surface area contributed by atoms with Crippen molar-refractivity contribution in [1.82, 2.24) is 0 Å². The molecule has 0 saturated carbocycles. The summed E-state index contributed by atoms with van der Waals surface area (Å²) in [5.41, 5.74) is 5.67. The molecule has 0 aromatic heterocycles. The van der Waals surface area contributed by atoms with Crippen molar-refractivity contribution in [2.45, 2.75) is 0 Å². The number of amides is 1. The maximum atomic E-state index is 11.5. The number of rotatable bonds is 4. The summed E-state index contributed by atoms with van der Waals surface area (Å²) >= 11 is 6.68. The fourth-order valence-electron chi connectivity index (χ4n) is 1.64. The van der Waals surface area contributed by atoms with Crippen molar-refractivity contribution in [2.75, 3.05) is 7.11 Å². The van der Waals surface area contributed by atoms with Gasteiger partial charge in [0.25, 0.3) is 5.91 Å². The van der Waals surface area contributed by atoms with Gasteiger partial charge in [0.15, 0.2) is 0 Å². The topological polar surface area (TPSA) is 61.6 Å². The Morgan fingerprint density at radius 2 is 1.85 bits per heavy atom. The maximum Gasteiger partial charge on any atom is 0.253 e. The van der Waals surface area contributed by atoms with Crippen LogP contribution >= 0.6 is 31.9 Å². The van der Waals surface area contributed by atoms with Gasteiger partial charge in [-0.2, -0.15) is 0 Å². The molecule has 0 aliphatic carbocycles. The highest BCUT2D eigenvalue weighted by Gasteiger charge is 2.15. The summed E-state index contributed by atoms with van der Waals surface area (Å²) in [4.78, 5) is 11.5. The Bertz CT molecular complexity index is 659. The lowest BCUT2D eigenvalue weighted by atomic mass is 10.2. The van der Waals surface area contributed by atoms with Gasteiger partial charge in [-0.3, -0.25) is 4.79 Å². The van der Waals surface area contributed by atoms with Crippen molar-refractivity contribution in [2.24, 2.45) is 5.73 Å². The fourth-order valence-corrected chi connectivity index (χ4v) is 2.62. The van der Waals surface area contributed by atoms with Crippen molar-refractivity contribution in [1.29, 1.82) is 0 Å². The van der Waals surface area contributed by atoms with E-state index in [2.05, 4.69) is 31.9 Å². The zero-order valence-corrected chi connectivity index (χ0v) is 13.7. The third-order valence-electron chi connectivity index (χ3n) is 2.58. The number of nitrogens with two attached hydrogens (primary N) is 1. The molecule has 0 aliphatic rings. The summed E-state index contributed by atoms with van der Waals surface area (Å²) in [6, 6.07) is 10.5. The van der Waals surface area contributed by atoms with Gasteiger partial charge >= 0.3 is 0 Å². The zero-order valence-electron chi connectivity index (χ0n) is 10.5. The Balaban J connectivity index is 2.40. The van der Waals surface area contributed by atoms with E-state index in [9.17, 15) is 4.79 Å². The molecule has 0 fully saturated rings. The molecule has 2 rings (SSSR count). The summed E-state index contributed by atoms with van der Waals surface area (Å²) in [5, 5.41) is 0. The Morgan fingerprint density at radius 1 is 1.10 bits per heavy atom. The summed E-state index contributed by atoms with van der Waals surface area (Å²) in [6.07, 6.45) is 0. The molecule has 1 amide bonds. The molecule has 6 heteroatoms. The first kappa shape index (κ1) is 14.9. The molecule has 104 valence electrons. The third-order valence-corrected chi connectivity index (χ3v) is 3.86. The van der Waals surface area contributed by atoms with Crippen molar-refractivity contribution in [3.8, 4) is 17.2 Å². The molecule has 4 nitrogen and oxygen atoms in total. The van der Waals surface area contributed by atoms with E-state index in [4.69, 9.17) is 15.2 Å². The Labute approximate surface area is 133 Å². The molecule has 0 unspecified atom stereocenters. The summed E-state index contributed by atoms with van der Waals surface area (Å²) in [6.45, 7) is 0. The Kier molecular flexibility index (Phi) is 4.67. The quantitative estimate of drug-likeness (QED) is 0.839. The highest BCUT2D eigenvalue weighted by Crippen LogP contribution is 2.35. The van der Waals surface area contributed by atoms with E-state index in [1.807, 2.05) is 0 Å². The van der Waals surface area contributed by atoms with Crippen molar-refractivity contribution in [3.05, 3.63) is 50.9 Å². The van der Waals surface area contributed by atoms with Crippen LogP contribution in [0.25, 0.3) is 0 Å². The van der Waals surface area contributed by atoms with Gasteiger partial charge in [-0.15, -0.1) is 0 Å². The molecule has 0 radical (unpaired) electrons. The lowest BCUT2D eigenvalue weighted by molar-refractivity contribution is 0.0997. The minimum Gasteiger partial charge on any atom is -0.497 e. The van der Waals surface area contributed by atoms with E-state index in [1.165, 1.54) is 0 Å². The highest BCUT2D eigenvalue weighted by atomic mass is 79.9. The van der Waals surface area contributed by atoms with Gasteiger partial charge in [0.1, 0.15) is 17.2 Å². The number of halogens is 2. The van der Waals surface area contributed by atoms with Crippen molar-refractivity contribution >= 4 is 37.8 Å². The summed E-state index contributed by atoms with van der Waals surface area (Å²) in [7, 11) is 1.59. The lowest BCUT2D eigenvalue weighted by Crippen LogP contribution is -2.13. The SMILES string of the molecule is COc1ccc(Oc2cccc(Br)c2C(N)=O)c(Br)c1. The van der Waals surface area contributed by atoms with Crippen molar-refractivity contribution in [3.63, 3.8) is 0 Å². The Morgan fingerprint density at radius 3 is 2.45 bits per heavy atom. The third kappa shape index (κ3) is 3.13. The lowest BCUT2D eigenvalue weighted by Gasteiger charge is -2.12. The van der Waals surface area contributed by atoms with Crippen LogP contribution in [0.4, 0.5) is 0 Å². The zero-order chi connectivity index (χ0) is 14.7. The van der Waals surface area contributed by atoms with Crippen LogP contribution < -0.4 is 15.2 Å². The highest BCUT2D eigenvalue weighted by molar-refractivity contribution is 9.10. The number of carbonyl (C=O) groups excluding carboxylic acids is 1. The molecular formula is C14H11Br2NO3. The van der Waals surface area contributed by atoms with Gasteiger partial charge in [-0.1, -0.05) is 6.07 Å². The number of ether oxygens (including phenoxy) is 2. The molecule has 2 N–H and O–H groups in total. The average Bonchev–Trinajstić information content (AvgIpc) is 2.40. The number of primary amides is 1. The molecule has 0 spiro atoms.